The monoisotopic (exact) mass is 173 g/mol. The zero-order valence-electron chi connectivity index (χ0n) is 7.30. The average molecular weight is 173 g/mol. The number of alkyl halides is 1. The first-order valence-corrected chi connectivity index (χ1v) is 4.75. The lowest BCUT2D eigenvalue weighted by atomic mass is 9.89. The molecule has 1 aliphatic carbocycles. The summed E-state index contributed by atoms with van der Waals surface area (Å²) in [5.41, 5.74) is -0.393. The van der Waals surface area contributed by atoms with Crippen molar-refractivity contribution in [3.8, 4) is 0 Å². The molecule has 2 nitrogen and oxygen atoms in total. The Morgan fingerprint density at radius 2 is 2.08 bits per heavy atom. The van der Waals surface area contributed by atoms with Crippen LogP contribution in [-0.4, -0.2) is 41.9 Å². The molecule has 1 heterocycles. The molecule has 0 aromatic heterocycles. The van der Waals surface area contributed by atoms with E-state index in [-0.39, 0.29) is 6.67 Å². The summed E-state index contributed by atoms with van der Waals surface area (Å²) >= 11 is 0. The highest BCUT2D eigenvalue weighted by Crippen LogP contribution is 2.44. The Balaban J connectivity index is 1.68. The van der Waals surface area contributed by atoms with Crippen molar-refractivity contribution in [2.45, 2.75) is 24.9 Å². The van der Waals surface area contributed by atoms with Crippen LogP contribution in [0.1, 0.15) is 19.3 Å². The first-order valence-electron chi connectivity index (χ1n) is 4.75. The summed E-state index contributed by atoms with van der Waals surface area (Å²) in [6.45, 7) is 2.12. The third kappa shape index (κ3) is 1.48. The molecular formula is C9H16FNO. The van der Waals surface area contributed by atoms with E-state index in [9.17, 15) is 9.50 Å². The van der Waals surface area contributed by atoms with Crippen LogP contribution in [0.3, 0.4) is 0 Å². The number of halogens is 1. The molecule has 2 aliphatic rings. The molecule has 0 aromatic rings. The lowest BCUT2D eigenvalue weighted by Crippen LogP contribution is -2.63. The number of rotatable bonds is 4. The number of likely N-dealkylation sites (tertiary alicyclic amines) is 1. The Morgan fingerprint density at radius 3 is 2.58 bits per heavy atom. The largest absolute Gasteiger partial charge is 0.387 e. The average Bonchev–Trinajstić information content (AvgIpc) is 2.77. The predicted molar refractivity (Wildman–Crippen MR) is 44.7 cm³/mol. The highest BCUT2D eigenvalue weighted by molar-refractivity contribution is 5.05. The van der Waals surface area contributed by atoms with E-state index in [0.29, 0.717) is 12.3 Å². The molecule has 0 amide bonds. The highest BCUT2D eigenvalue weighted by Gasteiger charge is 2.51. The third-order valence-corrected chi connectivity index (χ3v) is 2.94. The number of nitrogens with zero attached hydrogens (tertiary/aromatic N) is 1. The van der Waals surface area contributed by atoms with Gasteiger partial charge in [0.25, 0.3) is 0 Å². The standard InChI is InChI=1S/C9H16FNO/c10-4-1-5-11-6-9(12,7-11)8-2-3-8/h8,12H,1-7H2. The molecule has 70 valence electrons. The molecule has 1 aliphatic heterocycles. The quantitative estimate of drug-likeness (QED) is 0.680. The fraction of sp³-hybridized carbons (Fsp3) is 1.00. The second-order valence-electron chi connectivity index (χ2n) is 4.13. The van der Waals surface area contributed by atoms with E-state index in [1.54, 1.807) is 0 Å². The minimum absolute atomic E-state index is 0.238. The van der Waals surface area contributed by atoms with Crippen molar-refractivity contribution >= 4 is 0 Å². The molecule has 2 fully saturated rings. The van der Waals surface area contributed by atoms with E-state index in [1.165, 1.54) is 12.8 Å². The van der Waals surface area contributed by atoms with E-state index < -0.39 is 5.60 Å². The van der Waals surface area contributed by atoms with Crippen molar-refractivity contribution in [3.05, 3.63) is 0 Å². The molecule has 0 radical (unpaired) electrons. The molecule has 0 aromatic carbocycles. The fourth-order valence-electron chi connectivity index (χ4n) is 2.05. The number of hydrogen-bond acceptors (Lipinski definition) is 2. The Labute approximate surface area is 72.4 Å². The number of hydrogen-bond donors (Lipinski definition) is 1. The third-order valence-electron chi connectivity index (χ3n) is 2.94. The number of β-amino-alcohol motifs (C(OH)–C–C–N with tert-alkyl or cyclic N) is 1. The summed E-state index contributed by atoms with van der Waals surface area (Å²) in [4.78, 5) is 2.14. The van der Waals surface area contributed by atoms with Crippen molar-refractivity contribution in [3.63, 3.8) is 0 Å². The zero-order chi connectivity index (χ0) is 8.60. The van der Waals surface area contributed by atoms with E-state index in [4.69, 9.17) is 0 Å². The summed E-state index contributed by atoms with van der Waals surface area (Å²) < 4.78 is 11.8. The topological polar surface area (TPSA) is 23.5 Å². The van der Waals surface area contributed by atoms with Gasteiger partial charge in [0.1, 0.15) is 0 Å². The van der Waals surface area contributed by atoms with Crippen LogP contribution in [0, 0.1) is 5.92 Å². The summed E-state index contributed by atoms with van der Waals surface area (Å²) in [6.07, 6.45) is 2.99. The van der Waals surface area contributed by atoms with Crippen molar-refractivity contribution in [1.29, 1.82) is 0 Å². The maximum atomic E-state index is 11.8. The van der Waals surface area contributed by atoms with Crippen molar-refractivity contribution in [2.75, 3.05) is 26.3 Å². The molecule has 0 unspecified atom stereocenters. The second kappa shape index (κ2) is 2.96. The van der Waals surface area contributed by atoms with Gasteiger partial charge < -0.3 is 5.11 Å². The maximum absolute atomic E-state index is 11.8. The first-order chi connectivity index (χ1) is 5.74. The molecule has 2 rings (SSSR count). The van der Waals surface area contributed by atoms with Gasteiger partial charge in [0.2, 0.25) is 0 Å². The summed E-state index contributed by atoms with van der Waals surface area (Å²) in [7, 11) is 0. The summed E-state index contributed by atoms with van der Waals surface area (Å²) in [5, 5.41) is 9.88. The van der Waals surface area contributed by atoms with E-state index in [2.05, 4.69) is 4.90 Å². The molecule has 12 heavy (non-hydrogen) atoms. The van der Waals surface area contributed by atoms with Crippen molar-refractivity contribution in [1.82, 2.24) is 4.90 Å². The van der Waals surface area contributed by atoms with Crippen LogP contribution in [0.5, 0.6) is 0 Å². The smallest absolute Gasteiger partial charge is 0.0928 e. The van der Waals surface area contributed by atoms with Gasteiger partial charge in [-0.15, -0.1) is 0 Å². The Morgan fingerprint density at radius 1 is 1.42 bits per heavy atom. The van der Waals surface area contributed by atoms with Crippen LogP contribution < -0.4 is 0 Å². The van der Waals surface area contributed by atoms with Gasteiger partial charge in [0.15, 0.2) is 0 Å². The first kappa shape index (κ1) is 8.45. The van der Waals surface area contributed by atoms with Gasteiger partial charge in [-0.3, -0.25) is 9.29 Å². The fourth-order valence-corrected chi connectivity index (χ4v) is 2.05. The SMILES string of the molecule is OC1(C2CC2)CN(CCCF)C1. The summed E-state index contributed by atoms with van der Waals surface area (Å²) in [6, 6.07) is 0. The molecule has 0 spiro atoms. The van der Waals surface area contributed by atoms with Gasteiger partial charge in [0.05, 0.1) is 12.3 Å². The molecular weight excluding hydrogens is 157 g/mol. The molecule has 0 atom stereocenters. The summed E-state index contributed by atoms with van der Waals surface area (Å²) in [5.74, 6) is 0.555. The van der Waals surface area contributed by atoms with Gasteiger partial charge in [-0.05, 0) is 25.2 Å². The van der Waals surface area contributed by atoms with Crippen LogP contribution >= 0.6 is 0 Å². The minimum Gasteiger partial charge on any atom is -0.387 e. The van der Waals surface area contributed by atoms with Gasteiger partial charge in [0, 0.05) is 19.6 Å². The Kier molecular flexibility index (Phi) is 2.09. The lowest BCUT2D eigenvalue weighted by Gasteiger charge is -2.47. The van der Waals surface area contributed by atoms with E-state index in [1.807, 2.05) is 0 Å². The molecule has 1 saturated carbocycles. The molecule has 1 N–H and O–H groups in total. The van der Waals surface area contributed by atoms with Gasteiger partial charge in [-0.1, -0.05) is 0 Å². The Bertz CT molecular complexity index is 164. The van der Waals surface area contributed by atoms with Gasteiger partial charge in [-0.25, -0.2) is 0 Å². The predicted octanol–water partition coefficient (Wildman–Crippen LogP) is 0.803. The van der Waals surface area contributed by atoms with Crippen molar-refractivity contribution < 1.29 is 9.50 Å². The van der Waals surface area contributed by atoms with Crippen LogP contribution in [0.25, 0.3) is 0 Å². The van der Waals surface area contributed by atoms with Crippen LogP contribution in [0.4, 0.5) is 4.39 Å². The van der Waals surface area contributed by atoms with Crippen LogP contribution in [0.15, 0.2) is 0 Å². The normalized spacial score (nSPS) is 28.5. The second-order valence-corrected chi connectivity index (χ2v) is 4.13. The van der Waals surface area contributed by atoms with E-state index in [0.717, 1.165) is 19.6 Å². The molecule has 3 heteroatoms. The van der Waals surface area contributed by atoms with Crippen LogP contribution in [-0.2, 0) is 0 Å². The lowest BCUT2D eigenvalue weighted by molar-refractivity contribution is -0.113. The van der Waals surface area contributed by atoms with Gasteiger partial charge >= 0.3 is 0 Å². The maximum Gasteiger partial charge on any atom is 0.0928 e. The minimum atomic E-state index is -0.393. The van der Waals surface area contributed by atoms with E-state index >= 15 is 0 Å². The zero-order valence-corrected chi connectivity index (χ0v) is 7.30. The van der Waals surface area contributed by atoms with Crippen LogP contribution in [0.2, 0.25) is 0 Å². The number of aliphatic hydroxyl groups is 1. The van der Waals surface area contributed by atoms with Crippen molar-refractivity contribution in [2.24, 2.45) is 5.92 Å². The Hall–Kier alpha value is -0.150. The highest BCUT2D eigenvalue weighted by atomic mass is 19.1. The molecule has 0 bridgehead atoms. The molecule has 1 saturated heterocycles. The van der Waals surface area contributed by atoms with Gasteiger partial charge in [-0.2, -0.15) is 0 Å².